The van der Waals surface area contributed by atoms with Gasteiger partial charge in [-0.05, 0) is 26.0 Å². The van der Waals surface area contributed by atoms with Crippen LogP contribution in [0.4, 0.5) is 0 Å². The van der Waals surface area contributed by atoms with Crippen LogP contribution in [-0.4, -0.2) is 16.8 Å². The van der Waals surface area contributed by atoms with Gasteiger partial charge < -0.3 is 4.74 Å². The molecule has 1 atom stereocenters. The Morgan fingerprint density at radius 2 is 2.07 bits per heavy atom. The minimum atomic E-state index is -0.704. The van der Waals surface area contributed by atoms with E-state index in [2.05, 4.69) is 0 Å². The highest BCUT2D eigenvalue weighted by Gasteiger charge is 2.42. The molecule has 2 nitrogen and oxygen atoms in total. The van der Waals surface area contributed by atoms with E-state index in [4.69, 9.17) is 27.9 Å². The van der Waals surface area contributed by atoms with Crippen molar-refractivity contribution in [1.29, 1.82) is 0 Å². The highest BCUT2D eigenvalue weighted by atomic mass is 35.5. The molecule has 0 amide bonds. The Bertz CT molecular complexity index is 427. The largest absolute Gasteiger partial charge is 0.485 e. The van der Waals surface area contributed by atoms with Crippen LogP contribution in [0, 0.1) is 0 Å². The summed E-state index contributed by atoms with van der Waals surface area (Å²) in [7, 11) is 0. The summed E-state index contributed by atoms with van der Waals surface area (Å²) >= 11 is 12.0. The van der Waals surface area contributed by atoms with Gasteiger partial charge in [0.25, 0.3) is 0 Å². The number of ether oxygens (including phenoxy) is 1. The zero-order valence-electron chi connectivity index (χ0n) is 8.38. The maximum absolute atomic E-state index is 12.0. The third kappa shape index (κ3) is 1.62. The second-order valence-electron chi connectivity index (χ2n) is 4.05. The van der Waals surface area contributed by atoms with Gasteiger partial charge in [0.05, 0.1) is 10.6 Å². The molecule has 1 unspecified atom stereocenters. The van der Waals surface area contributed by atoms with Crippen LogP contribution in [0.1, 0.15) is 24.2 Å². The molecule has 0 aromatic heterocycles. The van der Waals surface area contributed by atoms with E-state index in [1.54, 1.807) is 32.0 Å². The molecule has 15 heavy (non-hydrogen) atoms. The van der Waals surface area contributed by atoms with Crippen molar-refractivity contribution in [1.82, 2.24) is 0 Å². The fraction of sp³-hybridized carbons (Fsp3) is 0.364. The molecule has 2 rings (SSSR count). The Kier molecular flexibility index (Phi) is 2.44. The number of carbonyl (C=O) groups is 1. The Hall–Kier alpha value is -0.730. The lowest BCUT2D eigenvalue weighted by Gasteiger charge is -2.35. The van der Waals surface area contributed by atoms with Crippen molar-refractivity contribution in [3.63, 3.8) is 0 Å². The number of hydrogen-bond acceptors (Lipinski definition) is 2. The maximum atomic E-state index is 12.0. The smallest absolute Gasteiger partial charge is 0.189 e. The second kappa shape index (κ2) is 3.39. The zero-order chi connectivity index (χ0) is 11.2. The summed E-state index contributed by atoms with van der Waals surface area (Å²) in [5, 5.41) is -0.316. The molecule has 0 radical (unpaired) electrons. The highest BCUT2D eigenvalue weighted by molar-refractivity contribution is 6.40. The number of Topliss-reactive ketones (excluding diaryl/α,β-unsaturated/α-hetero) is 1. The predicted molar refractivity (Wildman–Crippen MR) is 60.1 cm³/mol. The molecule has 1 aromatic rings. The molecule has 0 fully saturated rings. The van der Waals surface area contributed by atoms with E-state index in [1.807, 2.05) is 0 Å². The molecule has 1 aliphatic heterocycles. The van der Waals surface area contributed by atoms with Crippen LogP contribution in [0.2, 0.25) is 5.02 Å². The van der Waals surface area contributed by atoms with Crippen LogP contribution in [-0.2, 0) is 0 Å². The SMILES string of the molecule is CC1(C)Oc2cccc(Cl)c2C(=O)C1Cl. The van der Waals surface area contributed by atoms with Gasteiger partial charge in [0.15, 0.2) is 5.78 Å². The Labute approximate surface area is 98.1 Å². The van der Waals surface area contributed by atoms with E-state index in [0.29, 0.717) is 16.3 Å². The number of ketones is 1. The average Bonchev–Trinajstić information content (AvgIpc) is 2.13. The number of carbonyl (C=O) groups excluding carboxylic acids is 1. The van der Waals surface area contributed by atoms with Crippen LogP contribution >= 0.6 is 23.2 Å². The summed E-state index contributed by atoms with van der Waals surface area (Å²) in [5.74, 6) is 0.336. The van der Waals surface area contributed by atoms with Gasteiger partial charge in [-0.3, -0.25) is 4.79 Å². The fourth-order valence-corrected chi connectivity index (χ4v) is 2.02. The van der Waals surface area contributed by atoms with Crippen molar-refractivity contribution < 1.29 is 9.53 Å². The van der Waals surface area contributed by atoms with Gasteiger partial charge in [-0.15, -0.1) is 11.6 Å². The minimum Gasteiger partial charge on any atom is -0.485 e. The number of benzene rings is 1. The first-order chi connectivity index (χ1) is 6.93. The molecule has 1 heterocycles. The van der Waals surface area contributed by atoms with Crippen molar-refractivity contribution in [3.05, 3.63) is 28.8 Å². The molecule has 0 aliphatic carbocycles. The Morgan fingerprint density at radius 1 is 1.40 bits per heavy atom. The molecule has 0 saturated carbocycles. The number of fused-ring (bicyclic) bond motifs is 1. The van der Waals surface area contributed by atoms with Crippen LogP contribution < -0.4 is 4.74 Å². The predicted octanol–water partition coefficient (Wildman–Crippen LogP) is 3.30. The van der Waals surface area contributed by atoms with E-state index >= 15 is 0 Å². The summed E-state index contributed by atoms with van der Waals surface area (Å²) in [6.45, 7) is 3.57. The molecular weight excluding hydrogens is 235 g/mol. The first-order valence-corrected chi connectivity index (χ1v) is 5.41. The summed E-state index contributed by atoms with van der Waals surface area (Å²) in [6, 6.07) is 5.13. The molecule has 0 saturated heterocycles. The van der Waals surface area contributed by atoms with E-state index in [-0.39, 0.29) is 5.78 Å². The molecule has 80 valence electrons. The van der Waals surface area contributed by atoms with Gasteiger partial charge in [-0.1, -0.05) is 17.7 Å². The summed E-state index contributed by atoms with van der Waals surface area (Å²) in [5.41, 5.74) is -0.311. The first kappa shape index (κ1) is 10.8. The van der Waals surface area contributed by atoms with Crippen molar-refractivity contribution in [2.45, 2.75) is 24.8 Å². The lowest BCUT2D eigenvalue weighted by Crippen LogP contribution is -2.47. The molecule has 4 heteroatoms. The normalized spacial score (nSPS) is 23.2. The maximum Gasteiger partial charge on any atom is 0.189 e. The van der Waals surface area contributed by atoms with Gasteiger partial charge in [-0.25, -0.2) is 0 Å². The second-order valence-corrected chi connectivity index (χ2v) is 4.89. The molecular formula is C11H10Cl2O2. The van der Waals surface area contributed by atoms with E-state index in [9.17, 15) is 4.79 Å². The quantitative estimate of drug-likeness (QED) is 0.655. The lowest BCUT2D eigenvalue weighted by molar-refractivity contribution is 0.0644. The van der Waals surface area contributed by atoms with Crippen LogP contribution in [0.5, 0.6) is 5.75 Å². The summed E-state index contributed by atoms with van der Waals surface area (Å²) < 4.78 is 5.65. The highest BCUT2D eigenvalue weighted by Crippen LogP contribution is 2.38. The number of hydrogen-bond donors (Lipinski definition) is 0. The monoisotopic (exact) mass is 244 g/mol. The number of halogens is 2. The van der Waals surface area contributed by atoms with Crippen molar-refractivity contribution in [3.8, 4) is 5.75 Å². The topological polar surface area (TPSA) is 26.3 Å². The minimum absolute atomic E-state index is 0.173. The molecule has 0 N–H and O–H groups in total. The summed E-state index contributed by atoms with van der Waals surface area (Å²) in [4.78, 5) is 12.0. The molecule has 0 spiro atoms. The average molecular weight is 245 g/mol. The fourth-order valence-electron chi connectivity index (χ4n) is 1.61. The van der Waals surface area contributed by atoms with Crippen molar-refractivity contribution in [2.24, 2.45) is 0 Å². The van der Waals surface area contributed by atoms with Gasteiger partial charge in [0.2, 0.25) is 0 Å². The third-order valence-corrected chi connectivity index (χ3v) is 3.47. The lowest BCUT2D eigenvalue weighted by atomic mass is 9.92. The van der Waals surface area contributed by atoms with Gasteiger partial charge >= 0.3 is 0 Å². The van der Waals surface area contributed by atoms with Crippen molar-refractivity contribution >= 4 is 29.0 Å². The van der Waals surface area contributed by atoms with Crippen LogP contribution in [0.25, 0.3) is 0 Å². The standard InChI is InChI=1S/C11H10Cl2O2/c1-11(2)10(13)9(14)8-6(12)4-3-5-7(8)15-11/h3-5,10H,1-2H3. The van der Waals surface area contributed by atoms with Crippen LogP contribution in [0.15, 0.2) is 18.2 Å². The van der Waals surface area contributed by atoms with E-state index in [1.165, 1.54) is 0 Å². The number of alkyl halides is 1. The van der Waals surface area contributed by atoms with Gasteiger partial charge in [0, 0.05) is 0 Å². The van der Waals surface area contributed by atoms with Gasteiger partial charge in [-0.2, -0.15) is 0 Å². The zero-order valence-corrected chi connectivity index (χ0v) is 9.89. The molecule has 0 bridgehead atoms. The Morgan fingerprint density at radius 3 is 2.73 bits per heavy atom. The first-order valence-electron chi connectivity index (χ1n) is 4.59. The molecule has 1 aliphatic rings. The van der Waals surface area contributed by atoms with E-state index in [0.717, 1.165) is 0 Å². The van der Waals surface area contributed by atoms with Crippen LogP contribution in [0.3, 0.4) is 0 Å². The molecule has 1 aromatic carbocycles. The summed E-state index contributed by atoms with van der Waals surface area (Å²) in [6.07, 6.45) is 0. The third-order valence-electron chi connectivity index (χ3n) is 2.44. The van der Waals surface area contributed by atoms with Gasteiger partial charge in [0.1, 0.15) is 16.7 Å². The number of rotatable bonds is 0. The Balaban J connectivity index is 2.61. The van der Waals surface area contributed by atoms with Crippen molar-refractivity contribution in [2.75, 3.05) is 0 Å². The van der Waals surface area contributed by atoms with E-state index < -0.39 is 11.0 Å².